The molecule has 12 aromatic rings. The highest BCUT2D eigenvalue weighted by atomic mass is 16.4. The van der Waals surface area contributed by atoms with Gasteiger partial charge in [0.05, 0.1) is 33.1 Å². The normalized spacial score (nSPS) is 11.9. The fourth-order valence-corrected chi connectivity index (χ4v) is 8.20. The molecule has 0 bridgehead atoms. The number of hydrogen-bond donors (Lipinski definition) is 0. The van der Waals surface area contributed by atoms with Crippen LogP contribution in [0.3, 0.4) is 0 Å². The maximum absolute atomic E-state index is 6.56. The van der Waals surface area contributed by atoms with Gasteiger partial charge in [0, 0.05) is 56.8 Å². The second-order valence-corrected chi connectivity index (χ2v) is 13.9. The number of para-hydroxylation sites is 4. The molecule has 0 spiro atoms. The first-order chi connectivity index (χ1) is 27.8. The average Bonchev–Trinajstić information content (AvgIpc) is 4.05. The zero-order valence-corrected chi connectivity index (χ0v) is 29.7. The van der Waals surface area contributed by atoms with E-state index in [1.165, 1.54) is 0 Å². The fourth-order valence-electron chi connectivity index (χ4n) is 8.20. The molecule has 0 saturated carbocycles. The zero-order chi connectivity index (χ0) is 36.7. The quantitative estimate of drug-likeness (QED) is 0.176. The summed E-state index contributed by atoms with van der Waals surface area (Å²) in [6.45, 7) is 0. The first-order valence-corrected chi connectivity index (χ1v) is 18.5. The lowest BCUT2D eigenvalue weighted by molar-refractivity contribution is 0.616. The molecule has 8 nitrogen and oxygen atoms in total. The van der Waals surface area contributed by atoms with Gasteiger partial charge < -0.3 is 18.0 Å². The summed E-state index contributed by atoms with van der Waals surface area (Å²) < 4.78 is 17.6. The van der Waals surface area contributed by atoms with Crippen LogP contribution in [-0.4, -0.2) is 29.1 Å². The Hall–Kier alpha value is -7.84. The number of rotatable bonds is 5. The Labute approximate surface area is 318 Å². The third-order valence-corrected chi connectivity index (χ3v) is 10.7. The molecule has 0 amide bonds. The molecule has 0 N–H and O–H groups in total. The molecule has 6 aromatic heterocycles. The molecule has 0 aliphatic rings. The summed E-state index contributed by atoms with van der Waals surface area (Å²) in [6, 6.07) is 53.6. The highest BCUT2D eigenvalue weighted by molar-refractivity contribution is 6.08. The topological polar surface area (TPSA) is 87.7 Å². The van der Waals surface area contributed by atoms with Crippen LogP contribution in [0.1, 0.15) is 0 Å². The lowest BCUT2D eigenvalue weighted by atomic mass is 10.0. The van der Waals surface area contributed by atoms with Gasteiger partial charge in [-0.2, -0.15) is 0 Å². The van der Waals surface area contributed by atoms with E-state index in [1.54, 1.807) is 0 Å². The van der Waals surface area contributed by atoms with Crippen molar-refractivity contribution in [2.75, 3.05) is 0 Å². The molecule has 0 aliphatic heterocycles. The number of fused-ring (bicyclic) bond motifs is 8. The zero-order valence-electron chi connectivity index (χ0n) is 29.7. The van der Waals surface area contributed by atoms with Gasteiger partial charge >= 0.3 is 0 Å². The molecule has 12 rings (SSSR count). The van der Waals surface area contributed by atoms with Gasteiger partial charge in [-0.15, -0.1) is 0 Å². The molecule has 0 radical (unpaired) electrons. The van der Waals surface area contributed by atoms with Crippen molar-refractivity contribution in [3.05, 3.63) is 170 Å². The van der Waals surface area contributed by atoms with Crippen molar-refractivity contribution in [1.29, 1.82) is 0 Å². The minimum atomic E-state index is 0.549. The van der Waals surface area contributed by atoms with Crippen LogP contribution in [0, 0.1) is 0 Å². The minimum absolute atomic E-state index is 0.549. The highest BCUT2D eigenvalue weighted by Crippen LogP contribution is 2.39. The fraction of sp³-hybridized carbons (Fsp3) is 0. The number of oxazole rings is 2. The van der Waals surface area contributed by atoms with Crippen LogP contribution in [0.2, 0.25) is 0 Å². The van der Waals surface area contributed by atoms with Crippen LogP contribution in [0.4, 0.5) is 0 Å². The Morgan fingerprint density at radius 1 is 0.375 bits per heavy atom. The number of nitrogens with zero attached hydrogens (tertiary/aromatic N) is 6. The third-order valence-electron chi connectivity index (χ3n) is 10.7. The van der Waals surface area contributed by atoms with E-state index < -0.39 is 0 Å². The molecule has 0 fully saturated rings. The van der Waals surface area contributed by atoms with Crippen molar-refractivity contribution in [3.8, 4) is 45.4 Å². The molecule has 262 valence electrons. The van der Waals surface area contributed by atoms with Gasteiger partial charge in [-0.25, -0.2) is 9.97 Å². The molecule has 6 heterocycles. The monoisotopic (exact) mass is 720 g/mol. The second kappa shape index (κ2) is 11.8. The van der Waals surface area contributed by atoms with Crippen LogP contribution in [-0.2, 0) is 0 Å². The Balaban J connectivity index is 0.900. The van der Waals surface area contributed by atoms with E-state index in [-0.39, 0.29) is 0 Å². The number of pyridine rings is 2. The summed E-state index contributed by atoms with van der Waals surface area (Å²) >= 11 is 0. The number of benzene rings is 6. The van der Waals surface area contributed by atoms with Crippen LogP contribution in [0.25, 0.3) is 111 Å². The van der Waals surface area contributed by atoms with E-state index >= 15 is 0 Å². The second-order valence-electron chi connectivity index (χ2n) is 13.9. The van der Waals surface area contributed by atoms with Crippen molar-refractivity contribution in [1.82, 2.24) is 29.1 Å². The molecule has 0 unspecified atom stereocenters. The maximum Gasteiger partial charge on any atom is 0.227 e. The Kier molecular flexibility index (Phi) is 6.47. The summed E-state index contributed by atoms with van der Waals surface area (Å²) in [4.78, 5) is 19.2. The molecule has 8 heteroatoms. The van der Waals surface area contributed by atoms with Crippen LogP contribution < -0.4 is 0 Å². The Bertz CT molecular complexity index is 3140. The molecule has 0 atom stereocenters. The lowest BCUT2D eigenvalue weighted by Gasteiger charge is -2.08. The highest BCUT2D eigenvalue weighted by Gasteiger charge is 2.20. The smallest absolute Gasteiger partial charge is 0.227 e. The van der Waals surface area contributed by atoms with E-state index in [9.17, 15) is 0 Å². The number of aromatic nitrogens is 6. The van der Waals surface area contributed by atoms with Crippen LogP contribution in [0.15, 0.2) is 179 Å². The van der Waals surface area contributed by atoms with Gasteiger partial charge in [-0.1, -0.05) is 60.7 Å². The van der Waals surface area contributed by atoms with Crippen molar-refractivity contribution in [3.63, 3.8) is 0 Å². The number of hydrogen-bond acceptors (Lipinski definition) is 6. The standard InChI is InChI=1S/C48H28N6O2/c1-3-15-39-35(9-1)43-41(17-7-27-49-43)53(39)31-23-19-29(20-24-31)47-51-37-13-5-11-33(45(37)55-47)34-12-6-14-38-46(34)56-48(52-38)30-21-25-32(26-22-30)54-40-16-4-2-10-36(40)44-42(54)18-8-28-50-44/h1-28H. The SMILES string of the molecule is c1cc(-c2cccc3nc(-c4ccc(-n5c6ccccc6c6ncccc65)cc4)oc23)c2oc(-c3ccc(-n4c5ccccc5c5ncccc54)cc3)nc2c1. The third kappa shape index (κ3) is 4.53. The van der Waals surface area contributed by atoms with E-state index in [1.807, 2.05) is 60.9 Å². The Morgan fingerprint density at radius 3 is 1.27 bits per heavy atom. The average molecular weight is 721 g/mol. The predicted octanol–water partition coefficient (Wildman–Crippen LogP) is 12.0. The van der Waals surface area contributed by atoms with Gasteiger partial charge in [0.25, 0.3) is 0 Å². The van der Waals surface area contributed by atoms with Gasteiger partial charge in [0.2, 0.25) is 11.8 Å². The van der Waals surface area contributed by atoms with Crippen LogP contribution in [0.5, 0.6) is 0 Å². The molecule has 6 aromatic carbocycles. The molecule has 0 saturated heterocycles. The van der Waals surface area contributed by atoms with E-state index in [2.05, 4.69) is 128 Å². The largest absolute Gasteiger partial charge is 0.435 e. The summed E-state index contributed by atoms with van der Waals surface area (Å²) in [5.41, 5.74) is 14.9. The van der Waals surface area contributed by atoms with E-state index in [4.69, 9.17) is 18.8 Å². The van der Waals surface area contributed by atoms with Gasteiger partial charge in [0.1, 0.15) is 11.0 Å². The first kappa shape index (κ1) is 30.6. The summed E-state index contributed by atoms with van der Waals surface area (Å²) in [5.74, 6) is 1.10. The van der Waals surface area contributed by atoms with Gasteiger partial charge in [0.15, 0.2) is 11.2 Å². The van der Waals surface area contributed by atoms with E-state index in [0.29, 0.717) is 22.9 Å². The summed E-state index contributed by atoms with van der Waals surface area (Å²) in [6.07, 6.45) is 3.69. The van der Waals surface area contributed by atoms with Crippen molar-refractivity contribution in [2.24, 2.45) is 0 Å². The molecular weight excluding hydrogens is 693 g/mol. The lowest BCUT2D eigenvalue weighted by Crippen LogP contribution is -1.93. The van der Waals surface area contributed by atoms with E-state index in [0.717, 1.165) is 88.5 Å². The molecule has 0 aliphatic carbocycles. The summed E-state index contributed by atoms with van der Waals surface area (Å²) in [5, 5.41) is 2.25. The first-order valence-electron chi connectivity index (χ1n) is 18.5. The van der Waals surface area contributed by atoms with Crippen LogP contribution >= 0.6 is 0 Å². The van der Waals surface area contributed by atoms with Gasteiger partial charge in [-0.3, -0.25) is 9.97 Å². The van der Waals surface area contributed by atoms with Crippen molar-refractivity contribution in [2.45, 2.75) is 0 Å². The minimum Gasteiger partial charge on any atom is -0.435 e. The van der Waals surface area contributed by atoms with Crippen molar-refractivity contribution < 1.29 is 8.83 Å². The van der Waals surface area contributed by atoms with Crippen molar-refractivity contribution >= 4 is 66.1 Å². The summed E-state index contributed by atoms with van der Waals surface area (Å²) in [7, 11) is 0. The predicted molar refractivity (Wildman–Crippen MR) is 222 cm³/mol. The van der Waals surface area contributed by atoms with Gasteiger partial charge in [-0.05, 0) is 97.1 Å². The maximum atomic E-state index is 6.56. The molecule has 56 heavy (non-hydrogen) atoms. The Morgan fingerprint density at radius 2 is 0.804 bits per heavy atom. The molecular formula is C48H28N6O2.